The summed E-state index contributed by atoms with van der Waals surface area (Å²) in [5.41, 5.74) is 4.47. The van der Waals surface area contributed by atoms with Gasteiger partial charge in [0.15, 0.2) is 6.67 Å². The number of hydrogen-bond acceptors (Lipinski definition) is 8. The lowest BCUT2D eigenvalue weighted by Gasteiger charge is -2.40. The largest absolute Gasteiger partial charge is 0.416 e. The second-order valence-electron chi connectivity index (χ2n) is 7.75. The molecule has 0 radical (unpaired) electrons. The van der Waals surface area contributed by atoms with Crippen molar-refractivity contribution in [2.24, 2.45) is 0 Å². The van der Waals surface area contributed by atoms with E-state index in [1.165, 1.54) is 11.3 Å². The predicted molar refractivity (Wildman–Crippen MR) is 112 cm³/mol. The molecule has 0 fully saturated rings. The van der Waals surface area contributed by atoms with Gasteiger partial charge in [-0.15, -0.1) is 10.2 Å². The molecule has 0 amide bonds. The van der Waals surface area contributed by atoms with Crippen molar-refractivity contribution in [3.05, 3.63) is 53.6 Å². The number of carbonyl (C=O) groups is 1. The molecule has 0 bridgehead atoms. The molecule has 1 aromatic heterocycles. The molecule has 0 unspecified atom stereocenters. The van der Waals surface area contributed by atoms with E-state index in [9.17, 15) is 4.79 Å². The summed E-state index contributed by atoms with van der Waals surface area (Å²) in [6.45, 7) is 1.90. The quantitative estimate of drug-likeness (QED) is 0.387. The zero-order valence-electron chi connectivity index (χ0n) is 16.4. The fraction of sp³-hybridized carbons (Fsp3) is 0.250. The Morgan fingerprint density at radius 3 is 2.48 bits per heavy atom. The van der Waals surface area contributed by atoms with Gasteiger partial charge in [-0.05, 0) is 42.5 Å². The Morgan fingerprint density at radius 1 is 1.14 bits per heavy atom. The van der Waals surface area contributed by atoms with Crippen LogP contribution in [0, 0.1) is 0 Å². The third-order valence-corrected chi connectivity index (χ3v) is 4.95. The molecule has 1 N–H and O–H groups in total. The van der Waals surface area contributed by atoms with E-state index in [0.29, 0.717) is 17.3 Å². The molecule has 9 heteroatoms. The van der Waals surface area contributed by atoms with Crippen molar-refractivity contribution >= 4 is 24.5 Å². The Balaban J connectivity index is 1.59. The van der Waals surface area contributed by atoms with Gasteiger partial charge in [0.2, 0.25) is 11.8 Å². The lowest BCUT2D eigenvalue weighted by Crippen LogP contribution is -2.50. The van der Waals surface area contributed by atoms with E-state index >= 15 is 0 Å². The number of benzene rings is 2. The highest BCUT2D eigenvalue weighted by atomic mass is 32.1. The van der Waals surface area contributed by atoms with Gasteiger partial charge in [-0.2, -0.15) is 0 Å². The third kappa shape index (κ3) is 3.98. The Morgan fingerprint density at radius 2 is 1.79 bits per heavy atom. The number of nitrogens with one attached hydrogen (secondary N) is 1. The van der Waals surface area contributed by atoms with Gasteiger partial charge in [0.1, 0.15) is 6.54 Å². The first-order valence-corrected chi connectivity index (χ1v) is 9.52. The number of anilines is 1. The van der Waals surface area contributed by atoms with Crippen molar-refractivity contribution in [2.75, 3.05) is 32.7 Å². The molecule has 1 aliphatic heterocycles. The van der Waals surface area contributed by atoms with Crippen LogP contribution >= 0.6 is 12.8 Å². The Hall–Kier alpha value is -2.88. The molecule has 3 aromatic rings. The van der Waals surface area contributed by atoms with Crippen molar-refractivity contribution in [3.63, 3.8) is 0 Å². The SMILES string of the molecule is CN1C[N+](C)(C)Cc2cc(-c3nnc(-c4ccc(C(=O)ONS)cc4)o3)ccc21. The first-order chi connectivity index (χ1) is 13.9. The highest BCUT2D eigenvalue weighted by molar-refractivity contribution is 7.77. The van der Waals surface area contributed by atoms with Crippen molar-refractivity contribution in [1.82, 2.24) is 15.1 Å². The van der Waals surface area contributed by atoms with Crippen molar-refractivity contribution in [1.29, 1.82) is 0 Å². The van der Waals surface area contributed by atoms with Gasteiger partial charge in [0, 0.05) is 29.4 Å². The number of aromatic nitrogens is 2. The minimum absolute atomic E-state index is 0.384. The molecule has 8 nitrogen and oxygen atoms in total. The van der Waals surface area contributed by atoms with Crippen molar-refractivity contribution < 1.29 is 18.5 Å². The average Bonchev–Trinajstić information content (AvgIpc) is 3.17. The summed E-state index contributed by atoms with van der Waals surface area (Å²) in [6, 6.07) is 12.9. The van der Waals surface area contributed by atoms with E-state index in [-0.39, 0.29) is 0 Å². The molecule has 150 valence electrons. The van der Waals surface area contributed by atoms with Crippen LogP contribution in [0.1, 0.15) is 15.9 Å². The van der Waals surface area contributed by atoms with Crippen LogP contribution in [0.3, 0.4) is 0 Å². The summed E-state index contributed by atoms with van der Waals surface area (Å²) in [4.78, 5) is 20.6. The Kier molecular flexibility index (Phi) is 5.03. The number of nitrogens with zero attached hydrogens (tertiary/aromatic N) is 4. The second-order valence-corrected chi connectivity index (χ2v) is 7.93. The second kappa shape index (κ2) is 7.51. The fourth-order valence-corrected chi connectivity index (χ4v) is 3.77. The Bertz CT molecular complexity index is 1050. The van der Waals surface area contributed by atoms with Crippen LogP contribution in [0.5, 0.6) is 0 Å². The summed E-state index contributed by atoms with van der Waals surface area (Å²) in [5, 5.41) is 8.36. The zero-order chi connectivity index (χ0) is 20.6. The van der Waals surface area contributed by atoms with Gasteiger partial charge in [0.25, 0.3) is 0 Å². The first kappa shape index (κ1) is 19.4. The maximum atomic E-state index is 11.7. The minimum atomic E-state index is -0.530. The molecule has 0 spiro atoms. The van der Waals surface area contributed by atoms with Gasteiger partial charge in [-0.3, -0.25) is 0 Å². The minimum Gasteiger partial charge on any atom is -0.416 e. The average molecular weight is 412 g/mol. The van der Waals surface area contributed by atoms with E-state index in [1.807, 2.05) is 6.07 Å². The van der Waals surface area contributed by atoms with Gasteiger partial charge in [-0.25, -0.2) is 4.79 Å². The number of rotatable bonds is 4. The maximum Gasteiger partial charge on any atom is 0.357 e. The molecule has 4 rings (SSSR count). The Labute approximate surface area is 174 Å². The molecule has 0 aliphatic carbocycles. The summed E-state index contributed by atoms with van der Waals surface area (Å²) in [5.74, 6) is 0.320. The molecular weight excluding hydrogens is 390 g/mol. The van der Waals surface area contributed by atoms with Crippen LogP contribution < -0.4 is 9.79 Å². The molecule has 2 aromatic carbocycles. The molecule has 0 saturated heterocycles. The molecule has 29 heavy (non-hydrogen) atoms. The number of fused-ring (bicyclic) bond motifs is 1. The monoisotopic (exact) mass is 412 g/mol. The molecule has 2 heterocycles. The van der Waals surface area contributed by atoms with Crippen molar-refractivity contribution in [3.8, 4) is 22.9 Å². The standard InChI is InChI=1S/C20H22N5O3S/c1-24-12-25(2,3)11-16-10-15(8-9-17(16)24)19-22-21-18(27-19)13-4-6-14(7-5-13)20(26)28-23-29/h4-10,23,29H,11-12H2,1-3H3/q+1. The first-order valence-electron chi connectivity index (χ1n) is 9.07. The van der Waals surface area contributed by atoms with Crippen LogP contribution in [0.4, 0.5) is 5.69 Å². The van der Waals surface area contributed by atoms with E-state index in [2.05, 4.69) is 70.9 Å². The number of carbonyl (C=O) groups excluding carboxylic acids is 1. The lowest BCUT2D eigenvalue weighted by molar-refractivity contribution is -0.904. The van der Waals surface area contributed by atoms with E-state index in [4.69, 9.17) is 4.42 Å². The van der Waals surface area contributed by atoms with E-state index < -0.39 is 5.97 Å². The number of hydrogen-bond donors (Lipinski definition) is 2. The summed E-state index contributed by atoms with van der Waals surface area (Å²) in [7, 11) is 6.53. The van der Waals surface area contributed by atoms with Crippen LogP contribution in [-0.2, 0) is 11.4 Å². The highest BCUT2D eigenvalue weighted by Gasteiger charge is 2.28. The van der Waals surface area contributed by atoms with Gasteiger partial charge in [0.05, 0.1) is 19.7 Å². The molecule has 0 saturated carbocycles. The van der Waals surface area contributed by atoms with Crippen molar-refractivity contribution in [2.45, 2.75) is 6.54 Å². The number of quaternary nitrogens is 1. The normalized spacial score (nSPS) is 15.1. The fourth-order valence-electron chi connectivity index (χ4n) is 3.68. The summed E-state index contributed by atoms with van der Waals surface area (Å²) < 4.78 is 6.78. The molecular formula is C20H22N5O3S+. The topological polar surface area (TPSA) is 80.5 Å². The molecule has 1 aliphatic rings. The highest BCUT2D eigenvalue weighted by Crippen LogP contribution is 2.33. The summed E-state index contributed by atoms with van der Waals surface area (Å²) in [6.07, 6.45) is 0. The van der Waals surface area contributed by atoms with Gasteiger partial charge < -0.3 is 18.6 Å². The summed E-state index contributed by atoms with van der Waals surface area (Å²) >= 11 is 3.64. The van der Waals surface area contributed by atoms with Gasteiger partial charge in [-0.1, -0.05) is 17.7 Å². The smallest absolute Gasteiger partial charge is 0.357 e. The van der Waals surface area contributed by atoms with Crippen LogP contribution in [-0.4, -0.2) is 48.5 Å². The van der Waals surface area contributed by atoms with E-state index in [0.717, 1.165) is 28.8 Å². The van der Waals surface area contributed by atoms with Crippen LogP contribution in [0.2, 0.25) is 0 Å². The maximum absolute atomic E-state index is 11.7. The van der Waals surface area contributed by atoms with Crippen LogP contribution in [0.25, 0.3) is 22.9 Å². The third-order valence-electron chi connectivity index (χ3n) is 4.86. The van der Waals surface area contributed by atoms with E-state index in [1.54, 1.807) is 24.3 Å². The zero-order valence-corrected chi connectivity index (χ0v) is 17.3. The van der Waals surface area contributed by atoms with Gasteiger partial charge >= 0.3 is 5.97 Å². The lowest BCUT2D eigenvalue weighted by atomic mass is 10.0. The predicted octanol–water partition coefficient (Wildman–Crippen LogP) is 2.89. The number of thiol groups is 1. The molecule has 0 atom stereocenters. The van der Waals surface area contributed by atoms with Crippen LogP contribution in [0.15, 0.2) is 46.9 Å².